The summed E-state index contributed by atoms with van der Waals surface area (Å²) in [6, 6.07) is 8.39. The van der Waals surface area contributed by atoms with E-state index in [0.717, 1.165) is 0 Å². The molecule has 0 saturated heterocycles. The normalized spacial score (nSPS) is 9.20. The third-order valence-electron chi connectivity index (χ3n) is 1.39. The molecule has 3 radical (unpaired) electrons. The van der Waals surface area contributed by atoms with Gasteiger partial charge in [0.1, 0.15) is 0 Å². The molecule has 0 amide bonds. The smallest absolute Gasteiger partial charge is 0 e. The van der Waals surface area contributed by atoms with Gasteiger partial charge in [-0.15, -0.1) is 0 Å². The monoisotopic (exact) mass is 145 g/mol. The van der Waals surface area contributed by atoms with Gasteiger partial charge in [-0.2, -0.15) is 11.3 Å². The second-order valence-corrected chi connectivity index (χ2v) is 2.74. The fourth-order valence-electron chi connectivity index (χ4n) is 0.906. The summed E-state index contributed by atoms with van der Waals surface area (Å²) in [6.45, 7) is 0. The molecule has 0 aliphatic heterocycles. The molecular formula is C8H6BS. The van der Waals surface area contributed by atoms with Gasteiger partial charge >= 0.3 is 0 Å². The molecule has 0 atom stereocenters. The maximum atomic E-state index is 2.16. The first-order valence-corrected chi connectivity index (χ1v) is 3.82. The van der Waals surface area contributed by atoms with Gasteiger partial charge in [0.15, 0.2) is 0 Å². The predicted octanol–water partition coefficient (Wildman–Crippen LogP) is 2.52. The molecule has 0 aliphatic rings. The van der Waals surface area contributed by atoms with Crippen LogP contribution in [0.2, 0.25) is 0 Å². The lowest BCUT2D eigenvalue weighted by molar-refractivity contribution is 1.85. The third kappa shape index (κ3) is 1.07. The van der Waals surface area contributed by atoms with Crippen molar-refractivity contribution in [2.75, 3.05) is 0 Å². The zero-order valence-electron chi connectivity index (χ0n) is 5.45. The van der Waals surface area contributed by atoms with Gasteiger partial charge in [0.05, 0.1) is 0 Å². The minimum Gasteiger partial charge on any atom is -0.151 e. The van der Waals surface area contributed by atoms with Crippen molar-refractivity contribution in [3.8, 4) is 0 Å². The van der Waals surface area contributed by atoms with E-state index in [4.69, 9.17) is 0 Å². The maximum Gasteiger partial charge on any atom is 0 e. The summed E-state index contributed by atoms with van der Waals surface area (Å²) in [5.41, 5.74) is 0. The largest absolute Gasteiger partial charge is 0.151 e. The van der Waals surface area contributed by atoms with Crippen molar-refractivity contribution in [3.63, 3.8) is 0 Å². The minimum atomic E-state index is 0. The number of hydrogen-bond acceptors (Lipinski definition) is 1. The van der Waals surface area contributed by atoms with E-state index < -0.39 is 0 Å². The molecule has 0 unspecified atom stereocenters. The van der Waals surface area contributed by atoms with E-state index in [-0.39, 0.29) is 8.41 Å². The minimum absolute atomic E-state index is 0. The molecule has 0 spiro atoms. The standard InChI is InChI=1S/C8H6S.B/c1-2-4-8-6-9-5-7(8)3-1;/h1-6H;. The van der Waals surface area contributed by atoms with Crippen molar-refractivity contribution in [2.45, 2.75) is 0 Å². The predicted molar refractivity (Wildman–Crippen MR) is 47.6 cm³/mol. The van der Waals surface area contributed by atoms with Crippen molar-refractivity contribution in [3.05, 3.63) is 35.0 Å². The van der Waals surface area contributed by atoms with Crippen LogP contribution in [0.4, 0.5) is 0 Å². The molecule has 47 valence electrons. The van der Waals surface area contributed by atoms with Crippen LogP contribution in [0, 0.1) is 0 Å². The topological polar surface area (TPSA) is 0 Å². The summed E-state index contributed by atoms with van der Waals surface area (Å²) in [4.78, 5) is 0. The lowest BCUT2D eigenvalue weighted by Crippen LogP contribution is -1.57. The second kappa shape index (κ2) is 2.89. The molecule has 0 fully saturated rings. The molecular weight excluding hydrogens is 139 g/mol. The van der Waals surface area contributed by atoms with E-state index in [2.05, 4.69) is 35.0 Å². The summed E-state index contributed by atoms with van der Waals surface area (Å²) in [6.07, 6.45) is 0. The van der Waals surface area contributed by atoms with Gasteiger partial charge in [0.2, 0.25) is 0 Å². The van der Waals surface area contributed by atoms with Crippen molar-refractivity contribution >= 4 is 30.5 Å². The quantitative estimate of drug-likeness (QED) is 0.499. The number of fused-ring (bicyclic) bond motifs is 1. The van der Waals surface area contributed by atoms with E-state index in [1.807, 2.05) is 0 Å². The molecule has 1 heterocycles. The third-order valence-corrected chi connectivity index (χ3v) is 2.17. The van der Waals surface area contributed by atoms with Crippen LogP contribution in [0.3, 0.4) is 0 Å². The van der Waals surface area contributed by atoms with Gasteiger partial charge in [-0.05, 0) is 21.5 Å². The Balaban J connectivity index is 0.000000500. The molecule has 2 aromatic rings. The number of thiophene rings is 1. The van der Waals surface area contributed by atoms with Gasteiger partial charge < -0.3 is 0 Å². The molecule has 2 heteroatoms. The van der Waals surface area contributed by atoms with Crippen LogP contribution in [-0.2, 0) is 0 Å². The first kappa shape index (κ1) is 7.35. The van der Waals surface area contributed by atoms with Crippen LogP contribution in [0.25, 0.3) is 10.8 Å². The molecule has 0 aliphatic carbocycles. The van der Waals surface area contributed by atoms with Crippen LogP contribution < -0.4 is 0 Å². The molecule has 1 aromatic heterocycles. The van der Waals surface area contributed by atoms with Gasteiger partial charge in [-0.1, -0.05) is 24.3 Å². The van der Waals surface area contributed by atoms with Crippen LogP contribution in [0.15, 0.2) is 35.0 Å². The van der Waals surface area contributed by atoms with Gasteiger partial charge in [0, 0.05) is 8.41 Å². The molecule has 10 heavy (non-hydrogen) atoms. The van der Waals surface area contributed by atoms with Gasteiger partial charge in [-0.25, -0.2) is 0 Å². The van der Waals surface area contributed by atoms with Crippen molar-refractivity contribution < 1.29 is 0 Å². The van der Waals surface area contributed by atoms with Crippen molar-refractivity contribution in [1.29, 1.82) is 0 Å². The Bertz CT molecular complexity index is 283. The average Bonchev–Trinajstić information content (AvgIpc) is 2.33. The Kier molecular flexibility index (Phi) is 2.12. The Morgan fingerprint density at radius 1 is 0.900 bits per heavy atom. The zero-order chi connectivity index (χ0) is 6.10. The van der Waals surface area contributed by atoms with E-state index in [1.165, 1.54) is 10.8 Å². The highest BCUT2D eigenvalue weighted by molar-refractivity contribution is 7.09. The number of benzene rings is 1. The number of hydrogen-bond donors (Lipinski definition) is 0. The van der Waals surface area contributed by atoms with Gasteiger partial charge in [-0.3, -0.25) is 0 Å². The second-order valence-electron chi connectivity index (χ2n) is 2.00. The van der Waals surface area contributed by atoms with Crippen LogP contribution in [-0.4, -0.2) is 8.41 Å². The first-order chi connectivity index (χ1) is 4.47. The summed E-state index contributed by atoms with van der Waals surface area (Å²) in [7, 11) is 0. The SMILES string of the molecule is [B].c1ccc2cscc2c1. The summed E-state index contributed by atoms with van der Waals surface area (Å²) >= 11 is 1.75. The van der Waals surface area contributed by atoms with E-state index >= 15 is 0 Å². The summed E-state index contributed by atoms with van der Waals surface area (Å²) < 4.78 is 0. The van der Waals surface area contributed by atoms with E-state index in [0.29, 0.717) is 0 Å². The van der Waals surface area contributed by atoms with Crippen LogP contribution in [0.1, 0.15) is 0 Å². The summed E-state index contributed by atoms with van der Waals surface area (Å²) in [5.74, 6) is 0. The van der Waals surface area contributed by atoms with Crippen molar-refractivity contribution in [1.82, 2.24) is 0 Å². The van der Waals surface area contributed by atoms with Crippen LogP contribution in [0.5, 0.6) is 0 Å². The van der Waals surface area contributed by atoms with Crippen molar-refractivity contribution in [2.24, 2.45) is 0 Å². The van der Waals surface area contributed by atoms with E-state index in [1.54, 1.807) is 11.3 Å². The molecule has 0 nitrogen and oxygen atoms in total. The Morgan fingerprint density at radius 2 is 1.40 bits per heavy atom. The molecule has 0 saturated carbocycles. The Labute approximate surface area is 66.1 Å². The highest BCUT2D eigenvalue weighted by Crippen LogP contribution is 2.17. The average molecular weight is 145 g/mol. The van der Waals surface area contributed by atoms with Crippen LogP contribution >= 0.6 is 11.3 Å². The first-order valence-electron chi connectivity index (χ1n) is 2.88. The zero-order valence-corrected chi connectivity index (χ0v) is 6.27. The molecule has 0 bridgehead atoms. The van der Waals surface area contributed by atoms with E-state index in [9.17, 15) is 0 Å². The molecule has 0 N–H and O–H groups in total. The summed E-state index contributed by atoms with van der Waals surface area (Å²) in [5, 5.41) is 7.02. The fraction of sp³-hybridized carbons (Fsp3) is 0. The Morgan fingerprint density at radius 3 is 1.90 bits per heavy atom. The fourth-order valence-corrected chi connectivity index (χ4v) is 1.70. The van der Waals surface area contributed by atoms with Gasteiger partial charge in [0.25, 0.3) is 0 Å². The molecule has 2 rings (SSSR count). The highest BCUT2D eigenvalue weighted by Gasteiger charge is 1.87. The molecule has 1 aromatic carbocycles. The Hall–Kier alpha value is -0.755. The lowest BCUT2D eigenvalue weighted by Gasteiger charge is -1.82. The maximum absolute atomic E-state index is 2.16. The lowest BCUT2D eigenvalue weighted by atomic mass is 10.2. The number of rotatable bonds is 0. The highest BCUT2D eigenvalue weighted by atomic mass is 32.1.